The lowest BCUT2D eigenvalue weighted by Crippen LogP contribution is -2.10. The predicted octanol–water partition coefficient (Wildman–Crippen LogP) is 5.89. The summed E-state index contributed by atoms with van der Waals surface area (Å²) in [7, 11) is 0. The van der Waals surface area contributed by atoms with E-state index in [4.69, 9.17) is 27.9 Å². The molecule has 0 fully saturated rings. The lowest BCUT2D eigenvalue weighted by molar-refractivity contribution is 0.100. The monoisotopic (exact) mass is 482 g/mol. The lowest BCUT2D eigenvalue weighted by Gasteiger charge is -2.08. The van der Waals surface area contributed by atoms with Crippen molar-refractivity contribution in [3.63, 3.8) is 0 Å². The van der Waals surface area contributed by atoms with Crippen LogP contribution in [0, 0.1) is 5.41 Å². The zero-order valence-corrected chi connectivity index (χ0v) is 19.5. The van der Waals surface area contributed by atoms with Crippen LogP contribution in [-0.2, 0) is 6.54 Å². The zero-order valence-electron chi connectivity index (χ0n) is 18.7. The number of pyridine rings is 1. The van der Waals surface area contributed by atoms with Gasteiger partial charge in [-0.15, -0.1) is 0 Å². The number of benzene rings is 3. The Morgan fingerprint density at radius 1 is 1.00 bits per heavy atom. The first kappa shape index (κ1) is 23.7. The van der Waals surface area contributed by atoms with E-state index in [-0.39, 0.29) is 16.3 Å². The summed E-state index contributed by atoms with van der Waals surface area (Å²) in [4.78, 5) is 15.0. The lowest BCUT2D eigenvalue weighted by atomic mass is 10.1. The van der Waals surface area contributed by atoms with Crippen LogP contribution in [0.1, 0.15) is 21.5 Å². The summed E-state index contributed by atoms with van der Waals surface area (Å²) in [6.45, 7) is 0.763. The van der Waals surface area contributed by atoms with Gasteiger partial charge in [-0.25, -0.2) is 0 Å². The van der Waals surface area contributed by atoms with E-state index < -0.39 is 5.91 Å². The number of fused-ring (bicyclic) bond motifs is 1. The van der Waals surface area contributed by atoms with Crippen molar-refractivity contribution >= 4 is 34.6 Å². The van der Waals surface area contributed by atoms with Crippen molar-refractivity contribution in [2.75, 3.05) is 0 Å². The number of primary amides is 1. The summed E-state index contributed by atoms with van der Waals surface area (Å²) >= 11 is 5.50. The van der Waals surface area contributed by atoms with Crippen LogP contribution in [0.15, 0.2) is 97.5 Å². The molecule has 2 heterocycles. The Balaban J connectivity index is 0.000000221. The molecular formula is C28H23ClN4O2. The summed E-state index contributed by atoms with van der Waals surface area (Å²) in [6, 6.07) is 24.7. The molecule has 5 aromatic rings. The normalized spacial score (nSPS) is 10.4. The molecule has 3 aromatic carbocycles. The van der Waals surface area contributed by atoms with Gasteiger partial charge in [-0.05, 0) is 47.5 Å². The summed E-state index contributed by atoms with van der Waals surface area (Å²) < 4.78 is 2.20. The number of nitrogens with two attached hydrogens (primary N) is 1. The number of aromatic hydroxyl groups is 1. The molecule has 5 rings (SSSR count). The van der Waals surface area contributed by atoms with Crippen molar-refractivity contribution in [1.29, 1.82) is 5.41 Å². The van der Waals surface area contributed by atoms with Gasteiger partial charge in [0.2, 0.25) is 5.91 Å². The maximum atomic E-state index is 10.5. The number of hydrogen-bond donors (Lipinski definition) is 3. The highest BCUT2D eigenvalue weighted by molar-refractivity contribution is 6.32. The predicted molar refractivity (Wildman–Crippen MR) is 140 cm³/mol. The van der Waals surface area contributed by atoms with Crippen molar-refractivity contribution in [3.05, 3.63) is 119 Å². The van der Waals surface area contributed by atoms with Crippen LogP contribution >= 0.6 is 11.6 Å². The number of carbonyl (C=O) groups is 1. The van der Waals surface area contributed by atoms with E-state index in [0.29, 0.717) is 0 Å². The highest BCUT2D eigenvalue weighted by atomic mass is 35.5. The van der Waals surface area contributed by atoms with E-state index in [2.05, 4.69) is 46.1 Å². The van der Waals surface area contributed by atoms with E-state index in [1.165, 1.54) is 30.0 Å². The summed E-state index contributed by atoms with van der Waals surface area (Å²) in [5, 5.41) is 17.7. The Hall–Kier alpha value is -4.42. The topological polar surface area (TPSA) is 105 Å². The molecule has 0 atom stereocenters. The number of carbonyl (C=O) groups excluding carboxylic acids is 1. The van der Waals surface area contributed by atoms with Gasteiger partial charge >= 0.3 is 0 Å². The standard InChI is InChI=1S/C21H17N3.C7H6ClNO2/c22-12-18-7-4-8-21-20(18)9-10-24(21)15-16-11-19(14-23-13-16)17-5-2-1-3-6-17;8-5-3-4(7(9)11)1-2-6(5)10/h1-14,22H,15H2;1-3,10H,(H2,9,11). The van der Waals surface area contributed by atoms with E-state index in [9.17, 15) is 4.79 Å². The smallest absolute Gasteiger partial charge is 0.248 e. The summed E-state index contributed by atoms with van der Waals surface area (Å²) in [5.74, 6) is -0.622. The molecule has 0 radical (unpaired) electrons. The number of hydrogen-bond acceptors (Lipinski definition) is 4. The van der Waals surface area contributed by atoms with Gasteiger partial charge in [0, 0.05) is 58.9 Å². The SMILES string of the molecule is N=Cc1cccc2c1ccn2Cc1cncc(-c2ccccc2)c1.NC(=O)c1ccc(O)c(Cl)c1. The first-order valence-corrected chi connectivity index (χ1v) is 11.2. The Morgan fingerprint density at radius 2 is 1.80 bits per heavy atom. The van der Waals surface area contributed by atoms with E-state index in [1.807, 2.05) is 42.7 Å². The molecule has 0 saturated heterocycles. The van der Waals surface area contributed by atoms with Gasteiger partial charge in [0.15, 0.2) is 0 Å². The van der Waals surface area contributed by atoms with Crippen molar-refractivity contribution in [2.24, 2.45) is 5.73 Å². The number of halogens is 1. The van der Waals surface area contributed by atoms with E-state index in [1.54, 1.807) is 0 Å². The molecule has 1 amide bonds. The largest absolute Gasteiger partial charge is 0.506 e. The number of nitrogens with zero attached hydrogens (tertiary/aromatic N) is 2. The quantitative estimate of drug-likeness (QED) is 0.272. The van der Waals surface area contributed by atoms with Gasteiger partial charge in [-0.2, -0.15) is 0 Å². The first-order chi connectivity index (χ1) is 17.0. The minimum atomic E-state index is -0.563. The molecule has 0 aliphatic rings. The molecule has 0 aliphatic heterocycles. The fourth-order valence-corrected chi connectivity index (χ4v) is 3.91. The zero-order chi connectivity index (χ0) is 24.8. The molecule has 174 valence electrons. The van der Waals surface area contributed by atoms with Crippen LogP contribution in [-0.4, -0.2) is 26.8 Å². The van der Waals surface area contributed by atoms with Crippen LogP contribution in [0.5, 0.6) is 5.75 Å². The summed E-state index contributed by atoms with van der Waals surface area (Å²) in [5.41, 5.74) is 10.8. The minimum Gasteiger partial charge on any atom is -0.506 e. The second-order valence-electron chi connectivity index (χ2n) is 7.85. The van der Waals surface area contributed by atoms with Crippen LogP contribution in [0.25, 0.3) is 22.0 Å². The third-order valence-corrected chi connectivity index (χ3v) is 5.79. The molecule has 7 heteroatoms. The number of phenolic OH excluding ortho intramolecular Hbond substituents is 1. The maximum absolute atomic E-state index is 10.5. The second kappa shape index (κ2) is 10.7. The van der Waals surface area contributed by atoms with E-state index >= 15 is 0 Å². The fourth-order valence-electron chi connectivity index (χ4n) is 3.73. The maximum Gasteiger partial charge on any atom is 0.248 e. The number of aromatic nitrogens is 2. The van der Waals surface area contributed by atoms with Gasteiger partial charge in [0.1, 0.15) is 5.75 Å². The second-order valence-corrected chi connectivity index (χ2v) is 8.25. The average Bonchev–Trinajstić information content (AvgIpc) is 3.29. The number of rotatable bonds is 5. The Morgan fingerprint density at radius 3 is 2.51 bits per heavy atom. The molecule has 6 nitrogen and oxygen atoms in total. The van der Waals surface area contributed by atoms with Crippen LogP contribution in [0.3, 0.4) is 0 Å². The molecule has 2 aromatic heterocycles. The Bertz CT molecular complexity index is 1500. The van der Waals surface area contributed by atoms with Gasteiger partial charge in [-0.1, -0.05) is 54.1 Å². The van der Waals surface area contributed by atoms with Crippen molar-refractivity contribution in [2.45, 2.75) is 6.54 Å². The van der Waals surface area contributed by atoms with Gasteiger partial charge in [0.25, 0.3) is 0 Å². The molecule has 35 heavy (non-hydrogen) atoms. The van der Waals surface area contributed by atoms with Crippen molar-refractivity contribution < 1.29 is 9.90 Å². The third kappa shape index (κ3) is 5.57. The third-order valence-electron chi connectivity index (χ3n) is 5.49. The van der Waals surface area contributed by atoms with Crippen molar-refractivity contribution in [1.82, 2.24) is 9.55 Å². The van der Waals surface area contributed by atoms with Crippen molar-refractivity contribution in [3.8, 4) is 16.9 Å². The minimum absolute atomic E-state index is 0.0586. The Labute approximate surface area is 207 Å². The van der Waals surface area contributed by atoms with Crippen LogP contribution in [0.4, 0.5) is 0 Å². The van der Waals surface area contributed by atoms with Gasteiger partial charge in [-0.3, -0.25) is 9.78 Å². The fraction of sp³-hybridized carbons (Fsp3) is 0.0357. The average molecular weight is 483 g/mol. The number of amides is 1. The number of nitrogens with one attached hydrogen (secondary N) is 1. The molecule has 0 spiro atoms. The molecule has 0 unspecified atom stereocenters. The molecule has 0 bridgehead atoms. The first-order valence-electron chi connectivity index (χ1n) is 10.8. The highest BCUT2D eigenvalue weighted by Gasteiger charge is 2.06. The van der Waals surface area contributed by atoms with Gasteiger partial charge < -0.3 is 20.8 Å². The number of phenols is 1. The summed E-state index contributed by atoms with van der Waals surface area (Å²) in [6.07, 6.45) is 7.30. The van der Waals surface area contributed by atoms with Crippen LogP contribution < -0.4 is 5.73 Å². The van der Waals surface area contributed by atoms with Crippen LogP contribution in [0.2, 0.25) is 5.02 Å². The van der Waals surface area contributed by atoms with E-state index in [0.717, 1.165) is 34.1 Å². The Kier molecular flexibility index (Phi) is 7.24. The molecule has 4 N–H and O–H groups in total. The highest BCUT2D eigenvalue weighted by Crippen LogP contribution is 2.24. The molecule has 0 aliphatic carbocycles. The molecule has 0 saturated carbocycles. The van der Waals surface area contributed by atoms with Gasteiger partial charge in [0.05, 0.1) is 5.02 Å². The molecular weight excluding hydrogens is 460 g/mol.